The summed E-state index contributed by atoms with van der Waals surface area (Å²) in [6.07, 6.45) is 3.27. The van der Waals surface area contributed by atoms with Crippen molar-refractivity contribution < 1.29 is 14.3 Å². The van der Waals surface area contributed by atoms with Crippen LogP contribution in [0.15, 0.2) is 24.3 Å². The molecule has 1 aliphatic rings. The van der Waals surface area contributed by atoms with E-state index in [1.54, 1.807) is 31.2 Å². The summed E-state index contributed by atoms with van der Waals surface area (Å²) in [6.45, 7) is 5.19. The number of ether oxygens (including phenoxy) is 1. The molecule has 1 aliphatic heterocycles. The molecule has 8 heteroatoms. The van der Waals surface area contributed by atoms with Gasteiger partial charge >= 0.3 is 0 Å². The molecule has 0 aliphatic carbocycles. The van der Waals surface area contributed by atoms with Crippen LogP contribution in [0.1, 0.15) is 54.2 Å². The number of aromatic amines is 1. The Morgan fingerprint density at radius 2 is 2.07 bits per heavy atom. The molecule has 1 atom stereocenters. The summed E-state index contributed by atoms with van der Waals surface area (Å²) in [5.41, 5.74) is 0.456. The fraction of sp³-hybridized carbons (Fsp3) is 0.474. The first-order valence-corrected chi connectivity index (χ1v) is 9.23. The zero-order valence-corrected chi connectivity index (χ0v) is 15.7. The first-order valence-electron chi connectivity index (χ1n) is 9.23. The average Bonchev–Trinajstić information content (AvgIpc) is 3.13. The number of piperidine rings is 1. The third-order valence-electron chi connectivity index (χ3n) is 4.52. The van der Waals surface area contributed by atoms with E-state index >= 15 is 0 Å². The maximum absolute atomic E-state index is 12.5. The Balaban J connectivity index is 1.56. The topological polar surface area (TPSA) is 100 Å². The highest BCUT2D eigenvalue weighted by Crippen LogP contribution is 2.16. The minimum Gasteiger partial charge on any atom is -0.484 e. The Kier molecular flexibility index (Phi) is 6.05. The maximum Gasteiger partial charge on any atom is 0.260 e. The SMILES string of the molecule is Cc1nc([C@H](C)NC(=O)c2cccc(OCC(=O)N3CCCCC3)c2)n[nH]1. The van der Waals surface area contributed by atoms with Gasteiger partial charge in [-0.15, -0.1) is 0 Å². The Labute approximate surface area is 158 Å². The third-order valence-corrected chi connectivity index (χ3v) is 4.52. The van der Waals surface area contributed by atoms with Crippen LogP contribution in [0, 0.1) is 6.92 Å². The lowest BCUT2D eigenvalue weighted by atomic mass is 10.1. The standard InChI is InChI=1S/C19H25N5O3/c1-13(18-21-14(2)22-23-18)20-19(26)15-7-6-8-16(11-15)27-12-17(25)24-9-4-3-5-10-24/h6-8,11,13H,3-5,9-10,12H2,1-2H3,(H,20,26)(H,21,22,23)/t13-/m0/s1. The first-order chi connectivity index (χ1) is 13.0. The second-order valence-electron chi connectivity index (χ2n) is 6.73. The highest BCUT2D eigenvalue weighted by molar-refractivity contribution is 5.94. The molecule has 1 aromatic heterocycles. The lowest BCUT2D eigenvalue weighted by Crippen LogP contribution is -2.38. The monoisotopic (exact) mass is 371 g/mol. The second-order valence-corrected chi connectivity index (χ2v) is 6.73. The van der Waals surface area contributed by atoms with Gasteiger partial charge in [0.05, 0.1) is 6.04 Å². The van der Waals surface area contributed by atoms with Gasteiger partial charge in [-0.25, -0.2) is 4.98 Å². The van der Waals surface area contributed by atoms with E-state index in [0.29, 0.717) is 23.0 Å². The van der Waals surface area contributed by atoms with Gasteiger partial charge in [0, 0.05) is 18.7 Å². The number of carbonyl (C=O) groups is 2. The summed E-state index contributed by atoms with van der Waals surface area (Å²) in [7, 11) is 0. The van der Waals surface area contributed by atoms with Crippen molar-refractivity contribution in [3.63, 3.8) is 0 Å². The average molecular weight is 371 g/mol. The molecular weight excluding hydrogens is 346 g/mol. The van der Waals surface area contributed by atoms with Crippen molar-refractivity contribution in [3.8, 4) is 5.75 Å². The number of aryl methyl sites for hydroxylation is 1. The van der Waals surface area contributed by atoms with Gasteiger partial charge in [-0.1, -0.05) is 6.07 Å². The number of benzene rings is 1. The predicted molar refractivity (Wildman–Crippen MR) is 99.4 cm³/mol. The van der Waals surface area contributed by atoms with Crippen molar-refractivity contribution >= 4 is 11.8 Å². The number of carbonyl (C=O) groups excluding carboxylic acids is 2. The van der Waals surface area contributed by atoms with E-state index in [4.69, 9.17) is 4.74 Å². The van der Waals surface area contributed by atoms with E-state index in [1.807, 2.05) is 11.8 Å². The van der Waals surface area contributed by atoms with E-state index in [9.17, 15) is 9.59 Å². The molecule has 0 radical (unpaired) electrons. The highest BCUT2D eigenvalue weighted by atomic mass is 16.5. The number of hydrogen-bond donors (Lipinski definition) is 2. The number of nitrogens with one attached hydrogen (secondary N) is 2. The maximum atomic E-state index is 12.5. The van der Waals surface area contributed by atoms with Crippen LogP contribution in [0.5, 0.6) is 5.75 Å². The van der Waals surface area contributed by atoms with E-state index in [0.717, 1.165) is 25.9 Å². The van der Waals surface area contributed by atoms with E-state index in [-0.39, 0.29) is 24.5 Å². The molecule has 2 amide bonds. The predicted octanol–water partition coefficient (Wildman–Crippen LogP) is 2.00. The highest BCUT2D eigenvalue weighted by Gasteiger charge is 2.18. The molecule has 27 heavy (non-hydrogen) atoms. The number of amides is 2. The molecule has 2 aromatic rings. The summed E-state index contributed by atoms with van der Waals surface area (Å²) in [5.74, 6) is 1.45. The largest absolute Gasteiger partial charge is 0.484 e. The molecule has 1 fully saturated rings. The van der Waals surface area contributed by atoms with Gasteiger partial charge in [0.2, 0.25) is 0 Å². The summed E-state index contributed by atoms with van der Waals surface area (Å²) in [5, 5.41) is 9.67. The van der Waals surface area contributed by atoms with Crippen LogP contribution in [-0.2, 0) is 4.79 Å². The lowest BCUT2D eigenvalue weighted by Gasteiger charge is -2.26. The summed E-state index contributed by atoms with van der Waals surface area (Å²) < 4.78 is 5.60. The molecule has 1 saturated heterocycles. The Hall–Kier alpha value is -2.90. The van der Waals surface area contributed by atoms with E-state index < -0.39 is 0 Å². The summed E-state index contributed by atoms with van der Waals surface area (Å²) in [4.78, 5) is 30.7. The zero-order valence-electron chi connectivity index (χ0n) is 15.7. The summed E-state index contributed by atoms with van der Waals surface area (Å²) in [6, 6.07) is 6.48. The fourth-order valence-electron chi connectivity index (χ4n) is 3.00. The first kappa shape index (κ1) is 18.9. The van der Waals surface area contributed by atoms with Crippen molar-refractivity contribution in [1.29, 1.82) is 0 Å². The van der Waals surface area contributed by atoms with Crippen molar-refractivity contribution in [1.82, 2.24) is 25.4 Å². The Bertz CT molecular complexity index is 798. The van der Waals surface area contributed by atoms with Gasteiger partial charge in [0.1, 0.15) is 11.6 Å². The summed E-state index contributed by atoms with van der Waals surface area (Å²) >= 11 is 0. The third kappa shape index (κ3) is 5.06. The molecule has 0 unspecified atom stereocenters. The normalized spacial score (nSPS) is 15.3. The van der Waals surface area contributed by atoms with Gasteiger partial charge < -0.3 is 15.0 Å². The number of nitrogens with zero attached hydrogens (tertiary/aromatic N) is 3. The second kappa shape index (κ2) is 8.66. The zero-order chi connectivity index (χ0) is 19.2. The minimum absolute atomic E-state index is 0.0156. The molecule has 144 valence electrons. The van der Waals surface area contributed by atoms with E-state index in [1.165, 1.54) is 6.42 Å². The number of likely N-dealkylation sites (tertiary alicyclic amines) is 1. The number of hydrogen-bond acceptors (Lipinski definition) is 5. The molecule has 0 saturated carbocycles. The van der Waals surface area contributed by atoms with Crippen molar-refractivity contribution in [3.05, 3.63) is 41.5 Å². The Morgan fingerprint density at radius 1 is 1.30 bits per heavy atom. The minimum atomic E-state index is -0.326. The number of rotatable bonds is 6. The van der Waals surface area contributed by atoms with Gasteiger partial charge in [-0.3, -0.25) is 14.7 Å². The molecule has 1 aromatic carbocycles. The molecule has 0 bridgehead atoms. The van der Waals surface area contributed by atoms with E-state index in [2.05, 4.69) is 20.5 Å². The molecule has 0 spiro atoms. The number of aromatic nitrogens is 3. The smallest absolute Gasteiger partial charge is 0.260 e. The van der Waals surface area contributed by atoms with Crippen molar-refractivity contribution in [2.45, 2.75) is 39.2 Å². The van der Waals surface area contributed by atoms with Crippen LogP contribution in [0.4, 0.5) is 0 Å². The quantitative estimate of drug-likeness (QED) is 0.809. The van der Waals surface area contributed by atoms with Gasteiger partial charge in [-0.05, 0) is 51.3 Å². The molecule has 2 N–H and O–H groups in total. The van der Waals surface area contributed by atoms with Crippen LogP contribution in [0.3, 0.4) is 0 Å². The van der Waals surface area contributed by atoms with Gasteiger partial charge in [-0.2, -0.15) is 5.10 Å². The van der Waals surface area contributed by atoms with Crippen LogP contribution in [0.2, 0.25) is 0 Å². The van der Waals surface area contributed by atoms with Gasteiger partial charge in [0.25, 0.3) is 11.8 Å². The Morgan fingerprint density at radius 3 is 2.78 bits per heavy atom. The molecule has 2 heterocycles. The van der Waals surface area contributed by atoms with Gasteiger partial charge in [0.15, 0.2) is 12.4 Å². The lowest BCUT2D eigenvalue weighted by molar-refractivity contribution is -0.134. The molecule has 8 nitrogen and oxygen atoms in total. The van der Waals surface area contributed by atoms with Crippen LogP contribution < -0.4 is 10.1 Å². The van der Waals surface area contributed by atoms with Crippen LogP contribution >= 0.6 is 0 Å². The fourth-order valence-corrected chi connectivity index (χ4v) is 3.00. The van der Waals surface area contributed by atoms with Crippen LogP contribution in [0.25, 0.3) is 0 Å². The van der Waals surface area contributed by atoms with Crippen molar-refractivity contribution in [2.75, 3.05) is 19.7 Å². The van der Waals surface area contributed by atoms with Crippen LogP contribution in [-0.4, -0.2) is 51.6 Å². The molecular formula is C19H25N5O3. The molecule has 3 rings (SSSR count). The van der Waals surface area contributed by atoms with Crippen molar-refractivity contribution in [2.24, 2.45) is 0 Å². The number of H-pyrrole nitrogens is 1.